The number of carbonyl (C=O) groups is 1. The Hall–Kier alpha value is -3.94. The number of likely N-dealkylation sites (tertiary alicyclic amines) is 1. The largest absolute Gasteiger partial charge is 0.508 e. The number of nitrogens with zero attached hydrogens (tertiary/aromatic N) is 5. The van der Waals surface area contributed by atoms with Crippen molar-refractivity contribution in [1.29, 1.82) is 0 Å². The minimum absolute atomic E-state index is 0.218. The zero-order valence-corrected chi connectivity index (χ0v) is 18.3. The number of anilines is 1. The molecule has 1 saturated heterocycles. The second-order valence-corrected chi connectivity index (χ2v) is 8.20. The van der Waals surface area contributed by atoms with Gasteiger partial charge in [-0.15, -0.1) is 0 Å². The lowest BCUT2D eigenvalue weighted by atomic mass is 10.1. The van der Waals surface area contributed by atoms with Crippen LogP contribution in [0.1, 0.15) is 18.4 Å². The standard InChI is InChI=1S/C25H26N6O2/c32-20-10-8-18(9-11-20)12-13-26-24-22-25(29-23(28-24)19-5-2-1-3-6-19)31(17-27-22)16-15-30-14-4-7-21(30)33/h1-3,5-6,8-11,17,32H,4,7,12-16H2,(H,26,28,29). The Kier molecular flexibility index (Phi) is 5.89. The van der Waals surface area contributed by atoms with E-state index in [-0.39, 0.29) is 11.7 Å². The van der Waals surface area contributed by atoms with Crippen LogP contribution in [0.2, 0.25) is 0 Å². The molecule has 0 aliphatic carbocycles. The summed E-state index contributed by atoms with van der Waals surface area (Å²) < 4.78 is 2.00. The highest BCUT2D eigenvalue weighted by atomic mass is 16.3. The van der Waals surface area contributed by atoms with Crippen molar-refractivity contribution in [1.82, 2.24) is 24.4 Å². The molecule has 1 fully saturated rings. The van der Waals surface area contributed by atoms with Gasteiger partial charge in [-0.05, 0) is 30.5 Å². The molecule has 0 bridgehead atoms. The number of aromatic hydroxyl groups is 1. The van der Waals surface area contributed by atoms with E-state index in [0.717, 1.165) is 36.2 Å². The number of hydrogen-bond donors (Lipinski definition) is 2. The summed E-state index contributed by atoms with van der Waals surface area (Å²) in [6.07, 6.45) is 4.13. The third kappa shape index (κ3) is 4.64. The molecule has 8 heteroatoms. The van der Waals surface area contributed by atoms with E-state index in [1.165, 1.54) is 0 Å². The lowest BCUT2D eigenvalue weighted by molar-refractivity contribution is -0.127. The van der Waals surface area contributed by atoms with Crippen LogP contribution < -0.4 is 5.32 Å². The van der Waals surface area contributed by atoms with E-state index in [0.29, 0.717) is 43.2 Å². The van der Waals surface area contributed by atoms with Gasteiger partial charge in [0, 0.05) is 38.2 Å². The summed E-state index contributed by atoms with van der Waals surface area (Å²) in [5.74, 6) is 1.80. The van der Waals surface area contributed by atoms with Gasteiger partial charge in [-0.2, -0.15) is 0 Å². The molecular weight excluding hydrogens is 416 g/mol. The van der Waals surface area contributed by atoms with Gasteiger partial charge in [0.1, 0.15) is 11.3 Å². The molecule has 1 aliphatic rings. The molecule has 0 atom stereocenters. The van der Waals surface area contributed by atoms with E-state index in [4.69, 9.17) is 9.97 Å². The summed E-state index contributed by atoms with van der Waals surface area (Å²) in [5, 5.41) is 12.9. The van der Waals surface area contributed by atoms with E-state index in [1.54, 1.807) is 18.5 Å². The second kappa shape index (κ2) is 9.28. The number of phenolic OH excluding ortho intramolecular Hbond substituents is 1. The van der Waals surface area contributed by atoms with Gasteiger partial charge in [-0.3, -0.25) is 4.79 Å². The zero-order chi connectivity index (χ0) is 22.6. The van der Waals surface area contributed by atoms with Crippen LogP contribution in [0.3, 0.4) is 0 Å². The van der Waals surface area contributed by atoms with Crippen molar-refractivity contribution in [3.63, 3.8) is 0 Å². The van der Waals surface area contributed by atoms with Gasteiger partial charge in [0.05, 0.1) is 6.33 Å². The van der Waals surface area contributed by atoms with E-state index >= 15 is 0 Å². The molecule has 4 aromatic rings. The van der Waals surface area contributed by atoms with Crippen LogP contribution >= 0.6 is 0 Å². The molecule has 2 aromatic heterocycles. The zero-order valence-electron chi connectivity index (χ0n) is 18.3. The number of benzene rings is 2. The number of aromatic nitrogens is 4. The fourth-order valence-electron chi connectivity index (χ4n) is 4.10. The monoisotopic (exact) mass is 442 g/mol. The van der Waals surface area contributed by atoms with Crippen molar-refractivity contribution in [3.05, 3.63) is 66.5 Å². The Balaban J connectivity index is 1.41. The SMILES string of the molecule is O=C1CCCN1CCn1cnc2c(NCCc3ccc(O)cc3)nc(-c3ccccc3)nc21. The van der Waals surface area contributed by atoms with Crippen LogP contribution in [0.25, 0.3) is 22.6 Å². The first-order valence-electron chi connectivity index (χ1n) is 11.3. The molecule has 0 spiro atoms. The Morgan fingerprint density at radius 1 is 1.00 bits per heavy atom. The smallest absolute Gasteiger partial charge is 0.222 e. The highest BCUT2D eigenvalue weighted by Gasteiger charge is 2.20. The number of carbonyl (C=O) groups excluding carboxylic acids is 1. The van der Waals surface area contributed by atoms with Gasteiger partial charge in [-0.1, -0.05) is 42.5 Å². The first-order valence-corrected chi connectivity index (χ1v) is 11.3. The van der Waals surface area contributed by atoms with Crippen LogP contribution in [0, 0.1) is 0 Å². The van der Waals surface area contributed by atoms with Crippen molar-refractivity contribution in [2.45, 2.75) is 25.8 Å². The van der Waals surface area contributed by atoms with Crippen LogP contribution in [0.5, 0.6) is 5.75 Å². The van der Waals surface area contributed by atoms with Crippen molar-refractivity contribution < 1.29 is 9.90 Å². The van der Waals surface area contributed by atoms with Crippen LogP contribution in [-0.4, -0.2) is 55.1 Å². The first kappa shape index (κ1) is 20.9. The summed E-state index contributed by atoms with van der Waals surface area (Å²) in [5.41, 5.74) is 3.52. The summed E-state index contributed by atoms with van der Waals surface area (Å²) in [4.78, 5) is 28.1. The van der Waals surface area contributed by atoms with E-state index in [9.17, 15) is 9.90 Å². The molecule has 0 saturated carbocycles. The lowest BCUT2D eigenvalue weighted by Crippen LogP contribution is -2.28. The summed E-state index contributed by atoms with van der Waals surface area (Å²) in [6.45, 7) is 2.78. The Morgan fingerprint density at radius 2 is 1.82 bits per heavy atom. The molecular formula is C25H26N6O2. The fourth-order valence-corrected chi connectivity index (χ4v) is 4.10. The molecule has 33 heavy (non-hydrogen) atoms. The third-order valence-electron chi connectivity index (χ3n) is 5.92. The van der Waals surface area contributed by atoms with Crippen molar-refractivity contribution in [3.8, 4) is 17.1 Å². The number of phenols is 1. The Morgan fingerprint density at radius 3 is 2.58 bits per heavy atom. The van der Waals surface area contributed by atoms with E-state index in [2.05, 4.69) is 10.3 Å². The third-order valence-corrected chi connectivity index (χ3v) is 5.92. The molecule has 1 amide bonds. The maximum absolute atomic E-state index is 12.0. The van der Waals surface area contributed by atoms with Gasteiger partial charge in [0.15, 0.2) is 17.3 Å². The quantitative estimate of drug-likeness (QED) is 0.434. The summed E-state index contributed by atoms with van der Waals surface area (Å²) in [6, 6.07) is 17.1. The Bertz CT molecular complexity index is 1250. The number of hydrogen-bond acceptors (Lipinski definition) is 6. The molecule has 2 N–H and O–H groups in total. The number of imidazole rings is 1. The Labute approximate surface area is 191 Å². The predicted molar refractivity (Wildman–Crippen MR) is 127 cm³/mol. The number of nitrogens with one attached hydrogen (secondary N) is 1. The van der Waals surface area contributed by atoms with Crippen molar-refractivity contribution >= 4 is 22.9 Å². The van der Waals surface area contributed by atoms with Gasteiger partial charge < -0.3 is 19.9 Å². The molecule has 5 rings (SSSR count). The van der Waals surface area contributed by atoms with Crippen LogP contribution in [0.4, 0.5) is 5.82 Å². The highest BCUT2D eigenvalue weighted by Crippen LogP contribution is 2.24. The average molecular weight is 443 g/mol. The highest BCUT2D eigenvalue weighted by molar-refractivity contribution is 5.85. The maximum Gasteiger partial charge on any atom is 0.222 e. The van der Waals surface area contributed by atoms with E-state index in [1.807, 2.05) is 51.9 Å². The fraction of sp³-hybridized carbons (Fsp3) is 0.280. The number of fused-ring (bicyclic) bond motifs is 1. The van der Waals surface area contributed by atoms with Gasteiger partial charge in [-0.25, -0.2) is 15.0 Å². The van der Waals surface area contributed by atoms with Gasteiger partial charge in [0.2, 0.25) is 5.91 Å². The predicted octanol–water partition coefficient (Wildman–Crippen LogP) is 3.48. The number of amides is 1. The molecule has 0 radical (unpaired) electrons. The van der Waals surface area contributed by atoms with Gasteiger partial charge >= 0.3 is 0 Å². The minimum atomic E-state index is 0.218. The maximum atomic E-state index is 12.0. The molecule has 0 unspecified atom stereocenters. The average Bonchev–Trinajstić information content (AvgIpc) is 3.45. The molecule has 3 heterocycles. The van der Waals surface area contributed by atoms with Crippen molar-refractivity contribution in [2.24, 2.45) is 0 Å². The van der Waals surface area contributed by atoms with Crippen LogP contribution in [0.15, 0.2) is 60.9 Å². The number of rotatable bonds is 8. The summed E-state index contributed by atoms with van der Waals surface area (Å²) in [7, 11) is 0. The minimum Gasteiger partial charge on any atom is -0.508 e. The van der Waals surface area contributed by atoms with Crippen molar-refractivity contribution in [2.75, 3.05) is 25.0 Å². The molecule has 168 valence electrons. The lowest BCUT2D eigenvalue weighted by Gasteiger charge is -2.16. The summed E-state index contributed by atoms with van der Waals surface area (Å²) >= 11 is 0. The van der Waals surface area contributed by atoms with Gasteiger partial charge in [0.25, 0.3) is 0 Å². The molecule has 8 nitrogen and oxygen atoms in total. The molecule has 2 aromatic carbocycles. The topological polar surface area (TPSA) is 96.2 Å². The van der Waals surface area contributed by atoms with Crippen LogP contribution in [-0.2, 0) is 17.8 Å². The normalized spacial score (nSPS) is 13.7. The van der Waals surface area contributed by atoms with E-state index < -0.39 is 0 Å². The first-order chi connectivity index (χ1) is 16.2. The second-order valence-electron chi connectivity index (χ2n) is 8.20. The molecule has 1 aliphatic heterocycles.